The van der Waals surface area contributed by atoms with Crippen LogP contribution in [-0.2, 0) is 6.42 Å². The van der Waals surface area contributed by atoms with Gasteiger partial charge in [-0.2, -0.15) is 0 Å². The van der Waals surface area contributed by atoms with E-state index in [-0.39, 0.29) is 1.43 Å². The Kier molecular flexibility index (Phi) is 1.33. The summed E-state index contributed by atoms with van der Waals surface area (Å²) in [6.45, 7) is 4.13. The van der Waals surface area contributed by atoms with Gasteiger partial charge in [-0.3, -0.25) is 0 Å². The first-order chi connectivity index (χ1) is 3.84. The van der Waals surface area contributed by atoms with Crippen molar-refractivity contribution in [2.45, 2.75) is 20.3 Å². The summed E-state index contributed by atoms with van der Waals surface area (Å²) in [6.07, 6.45) is 2.75. The Morgan fingerprint density at radius 3 is 2.88 bits per heavy atom. The maximum atomic E-state index is 4.08. The number of aromatic amines is 1. The van der Waals surface area contributed by atoms with E-state index in [1.165, 1.54) is 11.4 Å². The Morgan fingerprint density at radius 1 is 1.88 bits per heavy atom. The van der Waals surface area contributed by atoms with Gasteiger partial charge in [-0.15, -0.1) is 0 Å². The van der Waals surface area contributed by atoms with Gasteiger partial charge in [0.1, 0.15) is 0 Å². The van der Waals surface area contributed by atoms with E-state index in [0.717, 1.165) is 6.42 Å². The molecule has 0 aliphatic heterocycles. The minimum atomic E-state index is 0. The number of hydrogen-bond acceptors (Lipinski definition) is 1. The van der Waals surface area contributed by atoms with Crippen LogP contribution in [0.2, 0.25) is 0 Å². The van der Waals surface area contributed by atoms with Crippen molar-refractivity contribution in [1.82, 2.24) is 9.97 Å². The van der Waals surface area contributed by atoms with Crippen molar-refractivity contribution in [3.8, 4) is 0 Å². The molecule has 0 saturated carbocycles. The van der Waals surface area contributed by atoms with Crippen LogP contribution in [0.3, 0.4) is 0 Å². The summed E-state index contributed by atoms with van der Waals surface area (Å²) in [4.78, 5) is 7.09. The highest BCUT2D eigenvalue weighted by Gasteiger charge is 1.93. The van der Waals surface area contributed by atoms with E-state index in [0.29, 0.717) is 0 Å². The summed E-state index contributed by atoms with van der Waals surface area (Å²) < 4.78 is 0. The standard InChI is InChI=1S/C6H10N2.H2/c1-3-6-5(2)7-4-8-6;/h4H,3H2,1-2H3,(H,7,8);1H. The molecule has 8 heavy (non-hydrogen) atoms. The summed E-state index contributed by atoms with van der Waals surface area (Å²) in [5.74, 6) is 0. The van der Waals surface area contributed by atoms with Gasteiger partial charge in [-0.1, -0.05) is 6.92 Å². The number of aromatic nitrogens is 2. The topological polar surface area (TPSA) is 28.7 Å². The highest BCUT2D eigenvalue weighted by molar-refractivity contribution is 5.07. The average Bonchev–Trinajstić information content (AvgIpc) is 2.14. The fourth-order valence-corrected chi connectivity index (χ4v) is 0.744. The molecule has 0 aliphatic carbocycles. The Bertz CT molecular complexity index is 171. The van der Waals surface area contributed by atoms with Gasteiger partial charge < -0.3 is 4.98 Å². The average molecular weight is 112 g/mol. The third kappa shape index (κ3) is 0.735. The molecule has 0 unspecified atom stereocenters. The number of rotatable bonds is 1. The molecule has 0 aliphatic rings. The van der Waals surface area contributed by atoms with Crippen LogP contribution in [-0.4, -0.2) is 9.97 Å². The first-order valence-corrected chi connectivity index (χ1v) is 2.83. The number of aryl methyl sites for hydroxylation is 2. The first kappa shape index (κ1) is 5.35. The van der Waals surface area contributed by atoms with Crippen LogP contribution in [0.4, 0.5) is 0 Å². The zero-order valence-electron chi connectivity index (χ0n) is 5.23. The fraction of sp³-hybridized carbons (Fsp3) is 0.500. The Labute approximate surface area is 50.4 Å². The van der Waals surface area contributed by atoms with Gasteiger partial charge in [0.25, 0.3) is 0 Å². The molecule has 2 heteroatoms. The number of hydrogen-bond donors (Lipinski definition) is 1. The van der Waals surface area contributed by atoms with E-state index in [1.807, 2.05) is 6.92 Å². The fourth-order valence-electron chi connectivity index (χ4n) is 0.744. The lowest BCUT2D eigenvalue weighted by Gasteiger charge is -1.86. The molecule has 0 fully saturated rings. The third-order valence-electron chi connectivity index (χ3n) is 1.27. The zero-order chi connectivity index (χ0) is 5.98. The largest absolute Gasteiger partial charge is 0.348 e. The van der Waals surface area contributed by atoms with Gasteiger partial charge in [0.05, 0.1) is 12.0 Å². The second-order valence-electron chi connectivity index (χ2n) is 1.83. The van der Waals surface area contributed by atoms with Crippen LogP contribution >= 0.6 is 0 Å². The number of nitrogens with one attached hydrogen (secondary N) is 1. The van der Waals surface area contributed by atoms with Gasteiger partial charge in [0, 0.05) is 7.12 Å². The second-order valence-corrected chi connectivity index (χ2v) is 1.83. The van der Waals surface area contributed by atoms with Crippen LogP contribution in [0.25, 0.3) is 0 Å². The molecule has 2 nitrogen and oxygen atoms in total. The van der Waals surface area contributed by atoms with Crippen molar-refractivity contribution in [1.29, 1.82) is 0 Å². The van der Waals surface area contributed by atoms with Crippen LogP contribution in [0.5, 0.6) is 0 Å². The lowest BCUT2D eigenvalue weighted by Crippen LogP contribution is -1.81. The summed E-state index contributed by atoms with van der Waals surface area (Å²) in [6, 6.07) is 0. The van der Waals surface area contributed by atoms with E-state index in [1.54, 1.807) is 6.33 Å². The van der Waals surface area contributed by atoms with Crippen LogP contribution in [0.15, 0.2) is 6.33 Å². The van der Waals surface area contributed by atoms with Crippen molar-refractivity contribution in [2.75, 3.05) is 0 Å². The molecule has 0 spiro atoms. The Morgan fingerprint density at radius 2 is 2.62 bits per heavy atom. The molecule has 1 rings (SSSR count). The number of H-pyrrole nitrogens is 1. The molecular weight excluding hydrogens is 100 g/mol. The van der Waals surface area contributed by atoms with E-state index in [9.17, 15) is 0 Å². The lowest BCUT2D eigenvalue weighted by molar-refractivity contribution is 1.04. The highest BCUT2D eigenvalue weighted by atomic mass is 14.9. The SMILES string of the molecule is CCc1nc[nH]c1C.[HH]. The molecular formula is C6H12N2. The smallest absolute Gasteiger partial charge is 0.0925 e. The van der Waals surface area contributed by atoms with Crippen molar-refractivity contribution >= 4 is 0 Å². The summed E-state index contributed by atoms with van der Waals surface area (Å²) in [5.41, 5.74) is 2.36. The minimum absolute atomic E-state index is 0. The van der Waals surface area contributed by atoms with Crippen LogP contribution in [0.1, 0.15) is 19.7 Å². The highest BCUT2D eigenvalue weighted by Crippen LogP contribution is 1.98. The van der Waals surface area contributed by atoms with Crippen molar-refractivity contribution < 1.29 is 1.43 Å². The molecule has 1 N–H and O–H groups in total. The molecule has 0 saturated heterocycles. The molecule has 0 aromatic carbocycles. The van der Waals surface area contributed by atoms with Gasteiger partial charge in [-0.25, -0.2) is 4.98 Å². The van der Waals surface area contributed by atoms with Gasteiger partial charge in [-0.05, 0) is 13.3 Å². The molecule has 0 radical (unpaired) electrons. The molecule has 1 aromatic rings. The van der Waals surface area contributed by atoms with E-state index >= 15 is 0 Å². The predicted molar refractivity (Wildman–Crippen MR) is 34.8 cm³/mol. The lowest BCUT2D eigenvalue weighted by atomic mass is 10.3. The van der Waals surface area contributed by atoms with Gasteiger partial charge in [0.2, 0.25) is 0 Å². The predicted octanol–water partition coefficient (Wildman–Crippen LogP) is 1.53. The van der Waals surface area contributed by atoms with Crippen molar-refractivity contribution in [3.05, 3.63) is 17.7 Å². The van der Waals surface area contributed by atoms with E-state index in [2.05, 4.69) is 16.9 Å². The normalized spacial score (nSPS) is 9.75. The molecule has 46 valence electrons. The molecule has 0 bridgehead atoms. The number of imidazole rings is 1. The maximum absolute atomic E-state index is 4.08. The Balaban J connectivity index is 0.000000640. The maximum Gasteiger partial charge on any atom is 0.0925 e. The second kappa shape index (κ2) is 1.99. The van der Waals surface area contributed by atoms with E-state index < -0.39 is 0 Å². The zero-order valence-corrected chi connectivity index (χ0v) is 5.23. The van der Waals surface area contributed by atoms with Crippen LogP contribution in [0, 0.1) is 6.92 Å². The Hall–Kier alpha value is -0.790. The first-order valence-electron chi connectivity index (χ1n) is 2.83. The summed E-state index contributed by atoms with van der Waals surface area (Å²) >= 11 is 0. The molecule has 0 atom stereocenters. The third-order valence-corrected chi connectivity index (χ3v) is 1.27. The van der Waals surface area contributed by atoms with Crippen molar-refractivity contribution in [3.63, 3.8) is 0 Å². The summed E-state index contributed by atoms with van der Waals surface area (Å²) in [5, 5.41) is 0. The molecule has 0 amide bonds. The minimum Gasteiger partial charge on any atom is -0.348 e. The van der Waals surface area contributed by atoms with Gasteiger partial charge >= 0.3 is 0 Å². The van der Waals surface area contributed by atoms with Crippen LogP contribution < -0.4 is 0 Å². The quantitative estimate of drug-likeness (QED) is 0.586. The van der Waals surface area contributed by atoms with E-state index in [4.69, 9.17) is 0 Å². The monoisotopic (exact) mass is 112 g/mol. The molecule has 1 aromatic heterocycles. The summed E-state index contributed by atoms with van der Waals surface area (Å²) in [7, 11) is 0. The molecule has 1 heterocycles. The van der Waals surface area contributed by atoms with Gasteiger partial charge in [0.15, 0.2) is 0 Å². The van der Waals surface area contributed by atoms with Crippen molar-refractivity contribution in [2.24, 2.45) is 0 Å². The number of nitrogens with zero attached hydrogens (tertiary/aromatic N) is 1.